The lowest BCUT2D eigenvalue weighted by atomic mass is 10.1. The minimum Gasteiger partial charge on any atom is -0.375 e. The quantitative estimate of drug-likeness (QED) is 0.814. The molecule has 0 unspecified atom stereocenters. The summed E-state index contributed by atoms with van der Waals surface area (Å²) in [5.74, 6) is -0.178. The molecule has 0 amide bonds. The Hall–Kier alpha value is -0.690. The van der Waals surface area contributed by atoms with Crippen molar-refractivity contribution in [1.29, 1.82) is 0 Å². The van der Waals surface area contributed by atoms with Crippen molar-refractivity contribution in [2.75, 3.05) is 5.73 Å². The van der Waals surface area contributed by atoms with E-state index in [0.717, 1.165) is 15.9 Å². The summed E-state index contributed by atoms with van der Waals surface area (Å²) in [5.41, 5.74) is 6.34. The molecule has 0 bridgehead atoms. The summed E-state index contributed by atoms with van der Waals surface area (Å²) >= 11 is 4.86. The molecule has 1 aromatic heterocycles. The normalized spacial score (nSPS) is 11.0. The van der Waals surface area contributed by atoms with Gasteiger partial charge in [0, 0.05) is 40.2 Å². The Morgan fingerprint density at radius 3 is 2.67 bits per heavy atom. The Morgan fingerprint density at radius 1 is 1.38 bits per heavy atom. The smallest absolute Gasteiger partial charge is 0.180 e. The van der Waals surface area contributed by atoms with Gasteiger partial charge in [0.2, 0.25) is 0 Å². The van der Waals surface area contributed by atoms with Crippen molar-refractivity contribution in [3.8, 4) is 0 Å². The number of halogens is 3. The summed E-state index contributed by atoms with van der Waals surface area (Å²) in [5, 5.41) is 0.567. The molecule has 3 nitrogen and oxygen atoms in total. The number of hydrogen-bond acceptors (Lipinski definition) is 4. The molecule has 0 aliphatic heterocycles. The van der Waals surface area contributed by atoms with E-state index in [1.165, 1.54) is 17.4 Å². The third-order valence-corrected chi connectivity index (χ3v) is 4.35. The van der Waals surface area contributed by atoms with Crippen LogP contribution in [0.2, 0.25) is 0 Å². The zero-order chi connectivity index (χ0) is 14.7. The first kappa shape index (κ1) is 18.4. The van der Waals surface area contributed by atoms with E-state index in [1.54, 1.807) is 12.3 Å². The molecule has 0 radical (unpaired) electrons. The second kappa shape index (κ2) is 8.08. The van der Waals surface area contributed by atoms with Gasteiger partial charge in [-0.25, -0.2) is 9.37 Å². The molecule has 0 aliphatic carbocycles. The lowest BCUT2D eigenvalue weighted by Gasteiger charge is -2.26. The van der Waals surface area contributed by atoms with Crippen molar-refractivity contribution in [2.24, 2.45) is 0 Å². The van der Waals surface area contributed by atoms with E-state index in [-0.39, 0.29) is 18.2 Å². The third kappa shape index (κ3) is 5.21. The molecule has 0 fully saturated rings. The predicted octanol–water partition coefficient (Wildman–Crippen LogP) is 4.46. The molecule has 0 atom stereocenters. The number of nitrogens with two attached hydrogens (primary N) is 1. The van der Waals surface area contributed by atoms with E-state index < -0.39 is 0 Å². The van der Waals surface area contributed by atoms with Crippen LogP contribution in [0.15, 0.2) is 28.9 Å². The number of aromatic nitrogens is 1. The van der Waals surface area contributed by atoms with E-state index in [4.69, 9.17) is 5.73 Å². The predicted molar refractivity (Wildman–Crippen MR) is 92.3 cm³/mol. The van der Waals surface area contributed by atoms with Gasteiger partial charge in [-0.1, -0.05) is 15.9 Å². The highest BCUT2D eigenvalue weighted by molar-refractivity contribution is 9.10. The van der Waals surface area contributed by atoms with E-state index in [1.807, 2.05) is 6.07 Å². The number of hydrogen-bond donors (Lipinski definition) is 1. The standard InChI is InChI=1S/C14H17BrFN3S.ClH/c1-9(2)19(8-12-6-18-14(17)20-12)7-10-5-11(15)3-4-13(10)16;/h3-6,9H,7-8H2,1-2H3,(H2,17,18);1H. The second-order valence-corrected chi connectivity index (χ2v) is 6.96. The fraction of sp³-hybridized carbons (Fsp3) is 0.357. The van der Waals surface area contributed by atoms with Crippen molar-refractivity contribution in [1.82, 2.24) is 9.88 Å². The SMILES string of the molecule is CC(C)N(Cc1cnc(N)s1)Cc1cc(Br)ccc1F.Cl. The van der Waals surface area contributed by atoms with Crippen LogP contribution in [0.4, 0.5) is 9.52 Å². The first-order chi connectivity index (χ1) is 9.45. The first-order valence-electron chi connectivity index (χ1n) is 6.34. The van der Waals surface area contributed by atoms with Gasteiger partial charge >= 0.3 is 0 Å². The van der Waals surface area contributed by atoms with Gasteiger partial charge in [-0.05, 0) is 32.0 Å². The summed E-state index contributed by atoms with van der Waals surface area (Å²) in [6.45, 7) is 5.47. The maximum absolute atomic E-state index is 13.9. The molecule has 7 heteroatoms. The minimum absolute atomic E-state index is 0. The number of benzene rings is 1. The van der Waals surface area contributed by atoms with Gasteiger partial charge in [0.05, 0.1) is 0 Å². The van der Waals surface area contributed by atoms with Crippen LogP contribution in [0.3, 0.4) is 0 Å². The van der Waals surface area contributed by atoms with Gasteiger partial charge in [-0.15, -0.1) is 23.7 Å². The van der Waals surface area contributed by atoms with E-state index in [0.29, 0.717) is 23.3 Å². The third-order valence-electron chi connectivity index (χ3n) is 3.04. The van der Waals surface area contributed by atoms with Crippen LogP contribution in [0.1, 0.15) is 24.3 Å². The Bertz CT molecular complexity index is 591. The second-order valence-electron chi connectivity index (χ2n) is 4.90. The highest BCUT2D eigenvalue weighted by atomic mass is 79.9. The summed E-state index contributed by atoms with van der Waals surface area (Å²) in [6.07, 6.45) is 1.78. The Labute approximate surface area is 142 Å². The van der Waals surface area contributed by atoms with Gasteiger partial charge < -0.3 is 5.73 Å². The number of anilines is 1. The molecular formula is C14H18BrClFN3S. The van der Waals surface area contributed by atoms with Crippen molar-refractivity contribution in [2.45, 2.75) is 33.0 Å². The average Bonchev–Trinajstić information content (AvgIpc) is 2.78. The zero-order valence-corrected chi connectivity index (χ0v) is 15.1. The molecule has 116 valence electrons. The van der Waals surface area contributed by atoms with Crippen LogP contribution in [-0.4, -0.2) is 15.9 Å². The van der Waals surface area contributed by atoms with Crippen LogP contribution in [0, 0.1) is 5.82 Å². The maximum atomic E-state index is 13.9. The molecule has 1 heterocycles. The summed E-state index contributed by atoms with van der Waals surface area (Å²) < 4.78 is 14.7. The van der Waals surface area contributed by atoms with Gasteiger partial charge in [0.15, 0.2) is 5.13 Å². The van der Waals surface area contributed by atoms with Gasteiger partial charge in [-0.3, -0.25) is 4.90 Å². The van der Waals surface area contributed by atoms with Crippen LogP contribution < -0.4 is 5.73 Å². The van der Waals surface area contributed by atoms with Gasteiger partial charge in [-0.2, -0.15) is 0 Å². The molecule has 0 spiro atoms. The van der Waals surface area contributed by atoms with Crippen molar-refractivity contribution >= 4 is 44.8 Å². The minimum atomic E-state index is -0.178. The van der Waals surface area contributed by atoms with Gasteiger partial charge in [0.1, 0.15) is 5.82 Å². The molecule has 0 saturated heterocycles. The van der Waals surface area contributed by atoms with Gasteiger partial charge in [0.25, 0.3) is 0 Å². The van der Waals surface area contributed by atoms with Crippen LogP contribution in [0.25, 0.3) is 0 Å². The highest BCUT2D eigenvalue weighted by Gasteiger charge is 2.15. The topological polar surface area (TPSA) is 42.2 Å². The monoisotopic (exact) mass is 393 g/mol. The molecular weight excluding hydrogens is 377 g/mol. The van der Waals surface area contributed by atoms with Crippen LogP contribution in [0.5, 0.6) is 0 Å². The molecule has 2 N–H and O–H groups in total. The molecule has 0 aliphatic rings. The molecule has 21 heavy (non-hydrogen) atoms. The van der Waals surface area contributed by atoms with Crippen molar-refractivity contribution in [3.05, 3.63) is 45.1 Å². The number of nitrogen functional groups attached to an aromatic ring is 1. The summed E-state index contributed by atoms with van der Waals surface area (Å²) in [4.78, 5) is 7.34. The zero-order valence-electron chi connectivity index (χ0n) is 11.8. The fourth-order valence-electron chi connectivity index (χ4n) is 1.90. The first-order valence-corrected chi connectivity index (χ1v) is 7.95. The molecule has 2 rings (SSSR count). The summed E-state index contributed by atoms with van der Waals surface area (Å²) in [7, 11) is 0. The maximum Gasteiger partial charge on any atom is 0.180 e. The molecule has 2 aromatic rings. The average molecular weight is 395 g/mol. The number of nitrogens with zero attached hydrogens (tertiary/aromatic N) is 2. The Balaban J connectivity index is 0.00000220. The summed E-state index contributed by atoms with van der Waals surface area (Å²) in [6, 6.07) is 5.33. The Morgan fingerprint density at radius 2 is 2.10 bits per heavy atom. The fourth-order valence-corrected chi connectivity index (χ4v) is 3.02. The lowest BCUT2D eigenvalue weighted by Crippen LogP contribution is -2.29. The lowest BCUT2D eigenvalue weighted by molar-refractivity contribution is 0.203. The highest BCUT2D eigenvalue weighted by Crippen LogP contribution is 2.22. The van der Waals surface area contributed by atoms with E-state index in [9.17, 15) is 4.39 Å². The van der Waals surface area contributed by atoms with Crippen LogP contribution in [-0.2, 0) is 13.1 Å². The molecule has 1 aromatic carbocycles. The number of rotatable bonds is 5. The van der Waals surface area contributed by atoms with E-state index in [2.05, 4.69) is 39.7 Å². The van der Waals surface area contributed by atoms with E-state index >= 15 is 0 Å². The molecule has 0 saturated carbocycles. The van der Waals surface area contributed by atoms with Crippen LogP contribution >= 0.6 is 39.7 Å². The van der Waals surface area contributed by atoms with Crippen molar-refractivity contribution < 1.29 is 4.39 Å². The largest absolute Gasteiger partial charge is 0.375 e. The Kier molecular flexibility index (Phi) is 7.06. The number of thiazole rings is 1. The van der Waals surface area contributed by atoms with Crippen molar-refractivity contribution in [3.63, 3.8) is 0 Å².